The van der Waals surface area contributed by atoms with Crippen molar-refractivity contribution in [1.29, 1.82) is 0 Å². The van der Waals surface area contributed by atoms with Crippen LogP contribution in [0.25, 0.3) is 0 Å². The largest absolute Gasteiger partial charge is 0.481 e. The molecule has 0 unspecified atom stereocenters. The molecule has 0 radical (unpaired) electrons. The molecule has 0 bridgehead atoms. The molecule has 2 fully saturated rings. The smallest absolute Gasteiger partial charge is 0.228 e. The Hall–Kier alpha value is -1.89. The predicted octanol–water partition coefficient (Wildman–Crippen LogP) is 0.559. The van der Waals surface area contributed by atoms with Gasteiger partial charge in [0.15, 0.2) is 0 Å². The third kappa shape index (κ3) is 3.14. The number of ether oxygens (including phenoxy) is 2. The molecule has 1 aliphatic heterocycles. The monoisotopic (exact) mass is 306 g/mol. The van der Waals surface area contributed by atoms with E-state index in [-0.39, 0.29) is 17.9 Å². The predicted molar refractivity (Wildman–Crippen MR) is 80.9 cm³/mol. The Bertz CT molecular complexity index is 531. The van der Waals surface area contributed by atoms with Gasteiger partial charge in [0, 0.05) is 45.0 Å². The van der Waals surface area contributed by atoms with Crippen molar-refractivity contribution < 1.29 is 14.3 Å². The molecule has 0 aromatic carbocycles. The Balaban J connectivity index is 1.53. The Morgan fingerprint density at radius 3 is 2.82 bits per heavy atom. The summed E-state index contributed by atoms with van der Waals surface area (Å²) in [7, 11) is 1.59. The molecular formula is C15H22N4O3. The first-order valence-electron chi connectivity index (χ1n) is 7.75. The molecule has 1 aromatic heterocycles. The normalized spacial score (nSPS) is 24.3. The Labute approximate surface area is 130 Å². The maximum Gasteiger partial charge on any atom is 0.228 e. The molecule has 120 valence electrons. The summed E-state index contributed by atoms with van der Waals surface area (Å²) in [6.07, 6.45) is 2.69. The van der Waals surface area contributed by atoms with Crippen molar-refractivity contribution in [2.45, 2.75) is 19.4 Å². The van der Waals surface area contributed by atoms with Gasteiger partial charge in [0.2, 0.25) is 17.7 Å². The maximum absolute atomic E-state index is 12.4. The van der Waals surface area contributed by atoms with Crippen LogP contribution < -0.4 is 9.64 Å². The fourth-order valence-electron chi connectivity index (χ4n) is 2.79. The standard InChI is InChI=1S/C15H22N4O3/c1-3-22-12-10-11(12)14(20)18-6-8-19(9-7-18)15-16-5-4-13(17-15)21-2/h4-5,11-12H,3,6-10H2,1-2H3/t11-,12+/m1/s1. The fourth-order valence-corrected chi connectivity index (χ4v) is 2.79. The lowest BCUT2D eigenvalue weighted by atomic mass is 10.2. The highest BCUT2D eigenvalue weighted by atomic mass is 16.5. The quantitative estimate of drug-likeness (QED) is 0.792. The van der Waals surface area contributed by atoms with E-state index in [0.717, 1.165) is 19.5 Å². The van der Waals surface area contributed by atoms with Gasteiger partial charge < -0.3 is 19.3 Å². The van der Waals surface area contributed by atoms with Crippen molar-refractivity contribution in [3.63, 3.8) is 0 Å². The third-order valence-electron chi connectivity index (χ3n) is 4.13. The summed E-state index contributed by atoms with van der Waals surface area (Å²) in [5.41, 5.74) is 0. The van der Waals surface area contributed by atoms with Crippen LogP contribution in [0.1, 0.15) is 13.3 Å². The van der Waals surface area contributed by atoms with Crippen LogP contribution in [0.5, 0.6) is 5.88 Å². The van der Waals surface area contributed by atoms with Crippen LogP contribution in [-0.2, 0) is 9.53 Å². The minimum Gasteiger partial charge on any atom is -0.481 e. The molecule has 2 atom stereocenters. The van der Waals surface area contributed by atoms with Gasteiger partial charge in [0.1, 0.15) is 0 Å². The zero-order valence-electron chi connectivity index (χ0n) is 13.1. The van der Waals surface area contributed by atoms with Crippen LogP contribution in [-0.4, -0.2) is 66.8 Å². The number of hydrogen-bond acceptors (Lipinski definition) is 6. The molecule has 0 spiro atoms. The fraction of sp³-hybridized carbons (Fsp3) is 0.667. The second-order valence-corrected chi connectivity index (χ2v) is 5.55. The molecule has 1 aliphatic carbocycles. The van der Waals surface area contributed by atoms with Gasteiger partial charge in [-0.15, -0.1) is 0 Å². The molecule has 7 heteroatoms. The molecule has 0 N–H and O–H groups in total. The first kappa shape index (κ1) is 15.0. The van der Waals surface area contributed by atoms with E-state index >= 15 is 0 Å². The molecule has 1 saturated heterocycles. The SMILES string of the molecule is CCO[C@H]1C[C@H]1C(=O)N1CCN(c2nccc(OC)n2)CC1. The average Bonchev–Trinajstić information content (AvgIpc) is 3.34. The van der Waals surface area contributed by atoms with E-state index in [2.05, 4.69) is 14.9 Å². The summed E-state index contributed by atoms with van der Waals surface area (Å²) in [5.74, 6) is 1.51. The number of carbonyl (C=O) groups is 1. The molecule has 2 heterocycles. The highest BCUT2D eigenvalue weighted by molar-refractivity contribution is 5.82. The number of amides is 1. The zero-order valence-corrected chi connectivity index (χ0v) is 13.1. The zero-order chi connectivity index (χ0) is 15.5. The number of piperazine rings is 1. The van der Waals surface area contributed by atoms with E-state index in [1.807, 2.05) is 11.8 Å². The van der Waals surface area contributed by atoms with E-state index in [1.54, 1.807) is 19.4 Å². The number of aromatic nitrogens is 2. The van der Waals surface area contributed by atoms with Crippen molar-refractivity contribution in [3.8, 4) is 5.88 Å². The number of nitrogens with zero attached hydrogens (tertiary/aromatic N) is 4. The molecule has 7 nitrogen and oxygen atoms in total. The van der Waals surface area contributed by atoms with Crippen molar-refractivity contribution in [1.82, 2.24) is 14.9 Å². The Morgan fingerprint density at radius 1 is 1.36 bits per heavy atom. The van der Waals surface area contributed by atoms with E-state index in [9.17, 15) is 4.79 Å². The van der Waals surface area contributed by atoms with Crippen molar-refractivity contribution in [2.75, 3.05) is 44.8 Å². The molecule has 2 aliphatic rings. The summed E-state index contributed by atoms with van der Waals surface area (Å²) >= 11 is 0. The number of rotatable bonds is 5. The summed E-state index contributed by atoms with van der Waals surface area (Å²) in [6.45, 7) is 5.53. The van der Waals surface area contributed by atoms with Crippen LogP contribution in [0.3, 0.4) is 0 Å². The van der Waals surface area contributed by atoms with Crippen LogP contribution in [0, 0.1) is 5.92 Å². The van der Waals surface area contributed by atoms with Crippen molar-refractivity contribution in [2.24, 2.45) is 5.92 Å². The highest BCUT2D eigenvalue weighted by Crippen LogP contribution is 2.35. The van der Waals surface area contributed by atoms with Gasteiger partial charge in [0.05, 0.1) is 19.1 Å². The van der Waals surface area contributed by atoms with E-state index in [1.165, 1.54) is 0 Å². The molecule has 1 aromatic rings. The average molecular weight is 306 g/mol. The molecule has 1 saturated carbocycles. The van der Waals surface area contributed by atoms with Gasteiger partial charge in [-0.25, -0.2) is 4.98 Å². The summed E-state index contributed by atoms with van der Waals surface area (Å²) < 4.78 is 10.6. The van der Waals surface area contributed by atoms with Gasteiger partial charge in [0.25, 0.3) is 0 Å². The van der Waals surface area contributed by atoms with Crippen LogP contribution in [0.15, 0.2) is 12.3 Å². The third-order valence-corrected chi connectivity index (χ3v) is 4.13. The van der Waals surface area contributed by atoms with E-state index < -0.39 is 0 Å². The van der Waals surface area contributed by atoms with Crippen molar-refractivity contribution >= 4 is 11.9 Å². The summed E-state index contributed by atoms with van der Waals surface area (Å²) in [4.78, 5) is 25.0. The minimum atomic E-state index is 0.0690. The maximum atomic E-state index is 12.4. The van der Waals surface area contributed by atoms with Crippen molar-refractivity contribution in [3.05, 3.63) is 12.3 Å². The lowest BCUT2D eigenvalue weighted by Crippen LogP contribution is -2.50. The molecule has 3 rings (SSSR count). The number of anilines is 1. The van der Waals surface area contributed by atoms with Crippen LogP contribution in [0.4, 0.5) is 5.95 Å². The van der Waals surface area contributed by atoms with E-state index in [4.69, 9.17) is 9.47 Å². The first-order chi connectivity index (χ1) is 10.7. The van der Waals surface area contributed by atoms with E-state index in [0.29, 0.717) is 31.5 Å². The molecule has 1 amide bonds. The first-order valence-corrected chi connectivity index (χ1v) is 7.75. The summed E-state index contributed by atoms with van der Waals surface area (Å²) in [6, 6.07) is 1.73. The highest BCUT2D eigenvalue weighted by Gasteiger charge is 2.46. The summed E-state index contributed by atoms with van der Waals surface area (Å²) in [5, 5.41) is 0. The minimum absolute atomic E-state index is 0.0690. The number of methoxy groups -OCH3 is 1. The number of carbonyl (C=O) groups excluding carboxylic acids is 1. The van der Waals surface area contributed by atoms with Gasteiger partial charge in [-0.1, -0.05) is 0 Å². The lowest BCUT2D eigenvalue weighted by Gasteiger charge is -2.34. The molecule has 22 heavy (non-hydrogen) atoms. The van der Waals surface area contributed by atoms with Gasteiger partial charge >= 0.3 is 0 Å². The lowest BCUT2D eigenvalue weighted by molar-refractivity contribution is -0.133. The second kappa shape index (κ2) is 6.48. The van der Waals surface area contributed by atoms with Gasteiger partial charge in [-0.2, -0.15) is 4.98 Å². The van der Waals surface area contributed by atoms with Crippen LogP contribution in [0.2, 0.25) is 0 Å². The Morgan fingerprint density at radius 2 is 2.14 bits per heavy atom. The topological polar surface area (TPSA) is 67.8 Å². The second-order valence-electron chi connectivity index (χ2n) is 5.55. The van der Waals surface area contributed by atoms with Gasteiger partial charge in [-0.05, 0) is 13.3 Å². The Kier molecular flexibility index (Phi) is 4.42. The number of hydrogen-bond donors (Lipinski definition) is 0. The van der Waals surface area contributed by atoms with Crippen LogP contribution >= 0.6 is 0 Å². The van der Waals surface area contributed by atoms with Gasteiger partial charge in [-0.3, -0.25) is 4.79 Å². The molecular weight excluding hydrogens is 284 g/mol.